The first-order valence-corrected chi connectivity index (χ1v) is 12.1. The molecule has 1 aromatic heterocycles. The molecule has 1 aliphatic carbocycles. The molecule has 168 valence electrons. The van der Waals surface area contributed by atoms with Gasteiger partial charge in [-0.2, -0.15) is 0 Å². The molecule has 1 heterocycles. The first-order chi connectivity index (χ1) is 14.6. The molecule has 5 nitrogen and oxygen atoms in total. The van der Waals surface area contributed by atoms with E-state index in [9.17, 15) is 9.59 Å². The third kappa shape index (κ3) is 5.21. The van der Waals surface area contributed by atoms with E-state index in [-0.39, 0.29) is 37.5 Å². The molecule has 0 bridgehead atoms. The van der Waals surface area contributed by atoms with Crippen LogP contribution in [0.25, 0.3) is 0 Å². The number of fused-ring (bicyclic) bond motifs is 1. The van der Waals surface area contributed by atoms with Crippen molar-refractivity contribution in [2.45, 2.75) is 33.1 Å². The van der Waals surface area contributed by atoms with Gasteiger partial charge in [-0.25, -0.2) is 4.79 Å². The van der Waals surface area contributed by atoms with Gasteiger partial charge in [0.25, 0.3) is 5.91 Å². The van der Waals surface area contributed by atoms with Crippen molar-refractivity contribution in [3.63, 3.8) is 0 Å². The average Bonchev–Trinajstić information content (AvgIpc) is 3.07. The molecule has 3 rings (SSSR count). The van der Waals surface area contributed by atoms with Gasteiger partial charge in [0.05, 0.1) is 27.2 Å². The number of rotatable bonds is 6. The fraction of sp³-hybridized carbons (Fsp3) is 0.400. The Balaban J connectivity index is 1.81. The summed E-state index contributed by atoms with van der Waals surface area (Å²) in [7, 11) is 0. The van der Waals surface area contributed by atoms with Crippen LogP contribution in [0.1, 0.15) is 41.1 Å². The molecule has 1 unspecified atom stereocenters. The van der Waals surface area contributed by atoms with Gasteiger partial charge >= 0.3 is 5.97 Å². The van der Waals surface area contributed by atoms with Crippen LogP contribution in [0.2, 0.25) is 25.1 Å². The van der Waals surface area contributed by atoms with E-state index < -0.39 is 18.5 Å². The van der Waals surface area contributed by atoms with Crippen molar-refractivity contribution in [2.24, 2.45) is 5.92 Å². The van der Waals surface area contributed by atoms with E-state index in [1.807, 2.05) is 0 Å². The van der Waals surface area contributed by atoms with Gasteiger partial charge < -0.3 is 14.8 Å². The summed E-state index contributed by atoms with van der Waals surface area (Å²) in [6, 6.07) is 0. The topological polar surface area (TPSA) is 64.6 Å². The Labute approximate surface area is 208 Å². The molecule has 0 saturated heterocycles. The van der Waals surface area contributed by atoms with Gasteiger partial charge in [0.15, 0.2) is 12.4 Å². The number of hydrogen-bond acceptors (Lipinski definition) is 5. The molecule has 1 amide bonds. The summed E-state index contributed by atoms with van der Waals surface area (Å²) < 4.78 is 10.7. The molecular weight excluding hydrogens is 528 g/mol. The van der Waals surface area contributed by atoms with Gasteiger partial charge in [-0.1, -0.05) is 64.9 Å². The Bertz CT molecular complexity index is 1010. The molecule has 1 atom stereocenters. The fourth-order valence-electron chi connectivity index (χ4n) is 3.27. The lowest BCUT2D eigenvalue weighted by molar-refractivity contribution is -0.118. The lowest BCUT2D eigenvalue weighted by Gasteiger charge is -2.18. The van der Waals surface area contributed by atoms with Crippen molar-refractivity contribution < 1.29 is 19.1 Å². The van der Waals surface area contributed by atoms with Crippen LogP contribution < -0.4 is 10.1 Å². The second-order valence-electron chi connectivity index (χ2n) is 7.01. The summed E-state index contributed by atoms with van der Waals surface area (Å²) in [6.45, 7) is 3.70. The molecule has 1 N–H and O–H groups in total. The molecule has 0 saturated carbocycles. The van der Waals surface area contributed by atoms with Crippen LogP contribution in [-0.4, -0.2) is 25.1 Å². The number of esters is 1. The first-order valence-electron chi connectivity index (χ1n) is 9.41. The van der Waals surface area contributed by atoms with Crippen LogP contribution in [0.4, 0.5) is 5.00 Å². The number of amides is 1. The molecule has 0 spiro atoms. The van der Waals surface area contributed by atoms with Crippen molar-refractivity contribution in [3.8, 4) is 5.75 Å². The van der Waals surface area contributed by atoms with E-state index in [2.05, 4.69) is 12.2 Å². The highest BCUT2D eigenvalue weighted by atomic mass is 35.5. The lowest BCUT2D eigenvalue weighted by Crippen LogP contribution is -2.21. The van der Waals surface area contributed by atoms with E-state index in [1.165, 1.54) is 11.3 Å². The van der Waals surface area contributed by atoms with Crippen molar-refractivity contribution in [3.05, 3.63) is 41.1 Å². The standard InChI is InChI=1S/C20H18Cl5NO4S/c1-3-29-20(28)12-9-5-4-8(2)6-10(9)31-19(12)26-11(27)7-30-18-16(24)14(22)13(21)15(23)17(18)25/h8H,3-7H2,1-2H3,(H,26,27). The maximum absolute atomic E-state index is 12.6. The maximum Gasteiger partial charge on any atom is 0.341 e. The third-order valence-electron chi connectivity index (χ3n) is 4.76. The minimum atomic E-state index is -0.508. The third-order valence-corrected chi connectivity index (χ3v) is 8.17. The van der Waals surface area contributed by atoms with E-state index in [1.54, 1.807) is 6.92 Å². The van der Waals surface area contributed by atoms with Crippen molar-refractivity contribution in [1.82, 2.24) is 0 Å². The van der Waals surface area contributed by atoms with Crippen molar-refractivity contribution in [1.29, 1.82) is 0 Å². The van der Waals surface area contributed by atoms with E-state index in [0.717, 1.165) is 29.7 Å². The number of anilines is 1. The number of ether oxygens (including phenoxy) is 2. The summed E-state index contributed by atoms with van der Waals surface area (Å²) >= 11 is 31.6. The predicted octanol–water partition coefficient (Wildman–Crippen LogP) is 7.33. The highest BCUT2D eigenvalue weighted by molar-refractivity contribution is 7.17. The molecule has 2 aromatic rings. The minimum Gasteiger partial charge on any atom is -0.481 e. The van der Waals surface area contributed by atoms with Gasteiger partial charge in [0, 0.05) is 4.88 Å². The second-order valence-corrected chi connectivity index (χ2v) is 10.0. The Kier molecular flexibility index (Phi) is 8.27. The maximum atomic E-state index is 12.6. The van der Waals surface area contributed by atoms with E-state index >= 15 is 0 Å². The zero-order valence-corrected chi connectivity index (χ0v) is 21.1. The largest absolute Gasteiger partial charge is 0.481 e. The lowest BCUT2D eigenvalue weighted by atomic mass is 9.88. The quantitative estimate of drug-likeness (QED) is 0.234. The highest BCUT2D eigenvalue weighted by Gasteiger charge is 2.29. The molecule has 1 aromatic carbocycles. The highest BCUT2D eigenvalue weighted by Crippen LogP contribution is 2.48. The molecule has 0 aliphatic heterocycles. The van der Waals surface area contributed by atoms with Gasteiger partial charge in [0.2, 0.25) is 0 Å². The zero-order valence-electron chi connectivity index (χ0n) is 16.5. The molecule has 11 heteroatoms. The van der Waals surface area contributed by atoms with Gasteiger partial charge in [-0.05, 0) is 37.7 Å². The summed E-state index contributed by atoms with van der Waals surface area (Å²) in [5, 5.41) is 3.01. The molecule has 0 fully saturated rings. The number of halogens is 5. The summed E-state index contributed by atoms with van der Waals surface area (Å²) in [4.78, 5) is 26.2. The molecular formula is C20H18Cl5NO4S. The Morgan fingerprint density at radius 2 is 1.68 bits per heavy atom. The van der Waals surface area contributed by atoms with Gasteiger partial charge in [0.1, 0.15) is 15.0 Å². The van der Waals surface area contributed by atoms with Crippen LogP contribution >= 0.6 is 69.3 Å². The SMILES string of the molecule is CCOC(=O)c1c(NC(=O)COc2c(Cl)c(Cl)c(Cl)c(Cl)c2Cl)sc2c1CCC(C)C2. The normalized spacial score (nSPS) is 15.4. The van der Waals surface area contributed by atoms with Crippen LogP contribution in [-0.2, 0) is 22.4 Å². The number of thiophene rings is 1. The monoisotopic (exact) mass is 543 g/mol. The Morgan fingerprint density at radius 1 is 1.06 bits per heavy atom. The number of nitrogens with one attached hydrogen (secondary N) is 1. The first kappa shape index (κ1) is 24.7. The summed E-state index contributed by atoms with van der Waals surface area (Å²) in [6.07, 6.45) is 2.59. The van der Waals surface area contributed by atoms with Gasteiger partial charge in [-0.3, -0.25) is 4.79 Å². The smallest absolute Gasteiger partial charge is 0.341 e. The Morgan fingerprint density at radius 3 is 2.29 bits per heavy atom. The Hall–Kier alpha value is -0.890. The van der Waals surface area contributed by atoms with Crippen LogP contribution in [0, 0.1) is 5.92 Å². The van der Waals surface area contributed by atoms with Crippen LogP contribution in [0.5, 0.6) is 5.75 Å². The average molecular weight is 546 g/mol. The van der Waals surface area contributed by atoms with Crippen molar-refractivity contribution in [2.75, 3.05) is 18.5 Å². The number of carbonyl (C=O) groups excluding carboxylic acids is 2. The zero-order chi connectivity index (χ0) is 22.9. The van der Waals surface area contributed by atoms with Crippen LogP contribution in [0.15, 0.2) is 0 Å². The van der Waals surface area contributed by atoms with Crippen LogP contribution in [0.3, 0.4) is 0 Å². The molecule has 0 radical (unpaired) electrons. The number of hydrogen-bond donors (Lipinski definition) is 1. The fourth-order valence-corrected chi connectivity index (χ4v) is 5.92. The minimum absolute atomic E-state index is 0.00684. The second kappa shape index (κ2) is 10.4. The van der Waals surface area contributed by atoms with Crippen molar-refractivity contribution >= 4 is 86.2 Å². The summed E-state index contributed by atoms with van der Waals surface area (Å²) in [5.41, 5.74) is 1.36. The van der Waals surface area contributed by atoms with E-state index in [0.29, 0.717) is 16.5 Å². The summed E-state index contributed by atoms with van der Waals surface area (Å²) in [5.74, 6) is -0.501. The van der Waals surface area contributed by atoms with E-state index in [4.69, 9.17) is 67.5 Å². The molecule has 1 aliphatic rings. The predicted molar refractivity (Wildman–Crippen MR) is 127 cm³/mol. The van der Waals surface area contributed by atoms with Gasteiger partial charge in [-0.15, -0.1) is 11.3 Å². The number of carbonyl (C=O) groups is 2. The molecule has 31 heavy (non-hydrogen) atoms. The number of benzene rings is 1.